The number of methoxy groups -OCH3 is 1. The molecule has 98 valence electrons. The van der Waals surface area contributed by atoms with Crippen LogP contribution in [0.15, 0.2) is 18.2 Å². The summed E-state index contributed by atoms with van der Waals surface area (Å²) in [6.45, 7) is 5.13. The average molecular weight is 247 g/mol. The van der Waals surface area contributed by atoms with Gasteiger partial charge >= 0.3 is 0 Å². The van der Waals surface area contributed by atoms with Gasteiger partial charge in [0.05, 0.1) is 24.2 Å². The third kappa shape index (κ3) is 2.34. The maximum Gasteiger partial charge on any atom is 0.126 e. The van der Waals surface area contributed by atoms with Crippen LogP contribution in [0, 0.1) is 0 Å². The lowest BCUT2D eigenvalue weighted by atomic mass is 10.2. The van der Waals surface area contributed by atoms with E-state index in [0.717, 1.165) is 42.0 Å². The van der Waals surface area contributed by atoms with Crippen LogP contribution in [-0.2, 0) is 6.54 Å². The predicted molar refractivity (Wildman–Crippen MR) is 73.8 cm³/mol. The van der Waals surface area contributed by atoms with E-state index >= 15 is 0 Å². The van der Waals surface area contributed by atoms with Crippen LogP contribution < -0.4 is 10.5 Å². The van der Waals surface area contributed by atoms with Crippen LogP contribution in [0.25, 0.3) is 11.0 Å². The monoisotopic (exact) mass is 247 g/mol. The molecule has 1 unspecified atom stereocenters. The number of imidazole rings is 1. The van der Waals surface area contributed by atoms with Gasteiger partial charge < -0.3 is 15.0 Å². The van der Waals surface area contributed by atoms with Crippen LogP contribution in [0.3, 0.4) is 0 Å². The third-order valence-electron chi connectivity index (χ3n) is 3.13. The number of benzene rings is 1. The Morgan fingerprint density at radius 2 is 2.22 bits per heavy atom. The van der Waals surface area contributed by atoms with E-state index in [-0.39, 0.29) is 6.04 Å². The summed E-state index contributed by atoms with van der Waals surface area (Å²) in [7, 11) is 1.67. The van der Waals surface area contributed by atoms with E-state index in [1.54, 1.807) is 7.11 Å². The summed E-state index contributed by atoms with van der Waals surface area (Å²) in [6, 6.07) is 5.93. The minimum atomic E-state index is -0.0553. The highest BCUT2D eigenvalue weighted by atomic mass is 16.5. The summed E-state index contributed by atoms with van der Waals surface area (Å²) in [5.74, 6) is 1.78. The maximum absolute atomic E-state index is 6.01. The predicted octanol–water partition coefficient (Wildman–Crippen LogP) is 2.86. The number of aryl methyl sites for hydroxylation is 1. The lowest BCUT2D eigenvalue weighted by molar-refractivity contribution is 0.415. The summed E-state index contributed by atoms with van der Waals surface area (Å²) < 4.78 is 7.46. The van der Waals surface area contributed by atoms with Crippen molar-refractivity contribution < 1.29 is 4.74 Å². The second kappa shape index (κ2) is 5.40. The lowest BCUT2D eigenvalue weighted by Gasteiger charge is -2.10. The van der Waals surface area contributed by atoms with E-state index < -0.39 is 0 Å². The summed E-state index contributed by atoms with van der Waals surface area (Å²) in [4.78, 5) is 4.63. The summed E-state index contributed by atoms with van der Waals surface area (Å²) in [6.07, 6.45) is 2.30. The lowest BCUT2D eigenvalue weighted by Crippen LogP contribution is -2.13. The second-order valence-electron chi connectivity index (χ2n) is 4.62. The van der Waals surface area contributed by atoms with E-state index in [2.05, 4.69) is 22.5 Å². The van der Waals surface area contributed by atoms with Gasteiger partial charge in [0.1, 0.15) is 11.6 Å². The van der Waals surface area contributed by atoms with Gasteiger partial charge in [0.15, 0.2) is 0 Å². The van der Waals surface area contributed by atoms with Gasteiger partial charge in [0.2, 0.25) is 0 Å². The Bertz CT molecular complexity index is 531. The molecule has 0 fully saturated rings. The van der Waals surface area contributed by atoms with Gasteiger partial charge in [-0.15, -0.1) is 0 Å². The van der Waals surface area contributed by atoms with Crippen molar-refractivity contribution in [1.82, 2.24) is 9.55 Å². The van der Waals surface area contributed by atoms with Crippen molar-refractivity contribution in [3.8, 4) is 5.75 Å². The topological polar surface area (TPSA) is 53.1 Å². The molecule has 1 aromatic carbocycles. The van der Waals surface area contributed by atoms with E-state index in [9.17, 15) is 0 Å². The third-order valence-corrected chi connectivity index (χ3v) is 3.13. The van der Waals surface area contributed by atoms with Crippen LogP contribution in [0.5, 0.6) is 5.75 Å². The molecule has 2 N–H and O–H groups in total. The van der Waals surface area contributed by atoms with E-state index in [1.807, 2.05) is 19.1 Å². The summed E-state index contributed by atoms with van der Waals surface area (Å²) >= 11 is 0. The van der Waals surface area contributed by atoms with Crippen LogP contribution in [-0.4, -0.2) is 16.7 Å². The molecule has 0 bridgehead atoms. The second-order valence-corrected chi connectivity index (χ2v) is 4.62. The van der Waals surface area contributed by atoms with Crippen molar-refractivity contribution in [3.05, 3.63) is 24.0 Å². The molecule has 0 radical (unpaired) electrons. The van der Waals surface area contributed by atoms with Gasteiger partial charge in [-0.25, -0.2) is 4.98 Å². The highest BCUT2D eigenvalue weighted by molar-refractivity contribution is 5.78. The maximum atomic E-state index is 6.01. The Morgan fingerprint density at radius 3 is 2.83 bits per heavy atom. The molecular formula is C14H21N3O. The Morgan fingerprint density at radius 1 is 1.44 bits per heavy atom. The molecule has 2 rings (SSSR count). The van der Waals surface area contributed by atoms with Crippen molar-refractivity contribution in [3.63, 3.8) is 0 Å². The molecule has 18 heavy (non-hydrogen) atoms. The quantitative estimate of drug-likeness (QED) is 0.884. The number of hydrogen-bond acceptors (Lipinski definition) is 3. The zero-order valence-corrected chi connectivity index (χ0v) is 11.3. The van der Waals surface area contributed by atoms with Crippen molar-refractivity contribution >= 4 is 11.0 Å². The fraction of sp³-hybridized carbons (Fsp3) is 0.500. The summed E-state index contributed by atoms with van der Waals surface area (Å²) in [5.41, 5.74) is 8.10. The Labute approximate surface area is 108 Å². The fourth-order valence-electron chi connectivity index (χ4n) is 2.15. The number of unbranched alkanes of at least 4 members (excludes halogenated alkanes) is 1. The molecule has 0 spiro atoms. The number of nitrogens with two attached hydrogens (primary N) is 1. The van der Waals surface area contributed by atoms with Crippen LogP contribution in [0.2, 0.25) is 0 Å². The number of rotatable bonds is 5. The Kier molecular flexibility index (Phi) is 3.87. The van der Waals surface area contributed by atoms with Gasteiger partial charge in [0.25, 0.3) is 0 Å². The van der Waals surface area contributed by atoms with Crippen molar-refractivity contribution in [2.75, 3.05) is 7.11 Å². The number of nitrogens with zero attached hydrogens (tertiary/aromatic N) is 2. The molecule has 0 aliphatic heterocycles. The molecule has 0 saturated carbocycles. The standard InChI is InChI=1S/C14H21N3O/c1-4-5-8-17-13-7-6-11(18-3)9-12(13)16-14(17)10(2)15/h6-7,9-10H,4-5,8,15H2,1-3H3. The molecule has 1 atom stereocenters. The Balaban J connectivity index is 2.52. The van der Waals surface area contributed by atoms with Gasteiger partial charge in [-0.1, -0.05) is 13.3 Å². The molecule has 4 heteroatoms. The highest BCUT2D eigenvalue weighted by Gasteiger charge is 2.13. The van der Waals surface area contributed by atoms with Crippen LogP contribution >= 0.6 is 0 Å². The van der Waals surface area contributed by atoms with E-state index in [1.165, 1.54) is 0 Å². The first kappa shape index (κ1) is 12.9. The van der Waals surface area contributed by atoms with E-state index in [0.29, 0.717) is 0 Å². The highest BCUT2D eigenvalue weighted by Crippen LogP contribution is 2.24. The first-order valence-electron chi connectivity index (χ1n) is 6.47. The zero-order chi connectivity index (χ0) is 13.1. The van der Waals surface area contributed by atoms with Gasteiger partial charge in [0, 0.05) is 12.6 Å². The average Bonchev–Trinajstić information content (AvgIpc) is 2.74. The molecule has 0 aliphatic carbocycles. The SMILES string of the molecule is CCCCn1c(C(C)N)nc2cc(OC)ccc21. The largest absolute Gasteiger partial charge is 0.497 e. The Hall–Kier alpha value is -1.55. The van der Waals surface area contributed by atoms with Crippen molar-refractivity contribution in [1.29, 1.82) is 0 Å². The molecule has 0 aliphatic rings. The number of fused-ring (bicyclic) bond motifs is 1. The summed E-state index contributed by atoms with van der Waals surface area (Å²) in [5, 5.41) is 0. The van der Waals surface area contributed by atoms with Crippen LogP contribution in [0.1, 0.15) is 38.6 Å². The fourth-order valence-corrected chi connectivity index (χ4v) is 2.15. The first-order chi connectivity index (χ1) is 8.67. The van der Waals surface area contributed by atoms with Crippen molar-refractivity contribution in [2.45, 2.75) is 39.3 Å². The first-order valence-corrected chi connectivity index (χ1v) is 6.47. The number of aromatic nitrogens is 2. The molecule has 1 aromatic heterocycles. The van der Waals surface area contributed by atoms with Crippen LogP contribution in [0.4, 0.5) is 0 Å². The normalized spacial score (nSPS) is 12.9. The smallest absolute Gasteiger partial charge is 0.126 e. The molecule has 0 amide bonds. The van der Waals surface area contributed by atoms with E-state index in [4.69, 9.17) is 10.5 Å². The molecule has 4 nitrogen and oxygen atoms in total. The molecule has 0 saturated heterocycles. The van der Waals surface area contributed by atoms with Crippen molar-refractivity contribution in [2.24, 2.45) is 5.73 Å². The van der Waals surface area contributed by atoms with Gasteiger partial charge in [-0.05, 0) is 25.5 Å². The van der Waals surface area contributed by atoms with Gasteiger partial charge in [-0.3, -0.25) is 0 Å². The number of ether oxygens (including phenoxy) is 1. The zero-order valence-electron chi connectivity index (χ0n) is 11.3. The van der Waals surface area contributed by atoms with Gasteiger partial charge in [-0.2, -0.15) is 0 Å². The molecular weight excluding hydrogens is 226 g/mol. The minimum Gasteiger partial charge on any atom is -0.497 e. The molecule has 2 aromatic rings. The molecule has 1 heterocycles. The number of hydrogen-bond donors (Lipinski definition) is 1. The minimum absolute atomic E-state index is 0.0553.